The number of carbonyl (C=O) groups excluding carboxylic acids is 1. The minimum absolute atomic E-state index is 0.0120. The standard InChI is InChI=1S/C14H28O2/c1-3-5-7-8-9-11-13-16-14(15)12-10-6-4-2/h3-13H2,1-2H3. The predicted octanol–water partition coefficient (Wildman–Crippen LogP) is 4.47. The second-order valence-corrected chi connectivity index (χ2v) is 4.45. The molecule has 96 valence electrons. The Bertz CT molecular complexity index is 155. The molecule has 0 aromatic carbocycles. The zero-order chi connectivity index (χ0) is 12.1. The molecule has 16 heavy (non-hydrogen) atoms. The third-order valence-electron chi connectivity index (χ3n) is 2.75. The highest BCUT2D eigenvalue weighted by atomic mass is 16.5. The fourth-order valence-corrected chi connectivity index (χ4v) is 1.66. The van der Waals surface area contributed by atoms with Gasteiger partial charge >= 0.3 is 5.97 Å². The molecule has 0 aliphatic heterocycles. The summed E-state index contributed by atoms with van der Waals surface area (Å²) in [6.07, 6.45) is 11.3. The van der Waals surface area contributed by atoms with E-state index in [-0.39, 0.29) is 5.97 Å². The second-order valence-electron chi connectivity index (χ2n) is 4.45. The minimum Gasteiger partial charge on any atom is -0.466 e. The lowest BCUT2D eigenvalue weighted by atomic mass is 10.1. The van der Waals surface area contributed by atoms with Gasteiger partial charge in [-0.05, 0) is 12.8 Å². The van der Waals surface area contributed by atoms with Crippen molar-refractivity contribution in [3.63, 3.8) is 0 Å². The molecule has 0 aliphatic rings. The maximum absolute atomic E-state index is 11.2. The number of esters is 1. The maximum Gasteiger partial charge on any atom is 0.305 e. The van der Waals surface area contributed by atoms with Crippen LogP contribution in [0, 0.1) is 0 Å². The summed E-state index contributed by atoms with van der Waals surface area (Å²) in [7, 11) is 0. The normalized spacial score (nSPS) is 10.4. The number of hydrogen-bond acceptors (Lipinski definition) is 2. The molecule has 0 amide bonds. The van der Waals surface area contributed by atoms with E-state index in [2.05, 4.69) is 13.8 Å². The van der Waals surface area contributed by atoms with Gasteiger partial charge in [0.15, 0.2) is 0 Å². The molecule has 0 heterocycles. The van der Waals surface area contributed by atoms with Crippen LogP contribution in [-0.2, 0) is 9.53 Å². The lowest BCUT2D eigenvalue weighted by Gasteiger charge is -2.04. The van der Waals surface area contributed by atoms with Gasteiger partial charge in [0, 0.05) is 6.42 Å². The molecule has 0 rings (SSSR count). The van der Waals surface area contributed by atoms with Gasteiger partial charge in [-0.15, -0.1) is 0 Å². The smallest absolute Gasteiger partial charge is 0.305 e. The van der Waals surface area contributed by atoms with Gasteiger partial charge in [0.05, 0.1) is 6.61 Å². The molecule has 0 aromatic heterocycles. The van der Waals surface area contributed by atoms with Crippen LogP contribution >= 0.6 is 0 Å². The van der Waals surface area contributed by atoms with E-state index in [1.54, 1.807) is 0 Å². The summed E-state index contributed by atoms with van der Waals surface area (Å²) < 4.78 is 5.16. The van der Waals surface area contributed by atoms with Gasteiger partial charge in [-0.3, -0.25) is 4.79 Å². The highest BCUT2D eigenvalue weighted by molar-refractivity contribution is 5.69. The third-order valence-corrected chi connectivity index (χ3v) is 2.75. The van der Waals surface area contributed by atoms with Crippen molar-refractivity contribution in [3.05, 3.63) is 0 Å². The average Bonchev–Trinajstić information content (AvgIpc) is 2.28. The molecule has 2 nitrogen and oxygen atoms in total. The first-order chi connectivity index (χ1) is 7.81. The molecule has 0 bridgehead atoms. The molecule has 0 fully saturated rings. The van der Waals surface area contributed by atoms with Gasteiger partial charge in [-0.25, -0.2) is 0 Å². The molecule has 2 heteroatoms. The topological polar surface area (TPSA) is 26.3 Å². The summed E-state index contributed by atoms with van der Waals surface area (Å²) in [6.45, 7) is 4.98. The number of rotatable bonds is 11. The largest absolute Gasteiger partial charge is 0.466 e. The van der Waals surface area contributed by atoms with Gasteiger partial charge in [-0.1, -0.05) is 58.8 Å². The van der Waals surface area contributed by atoms with E-state index >= 15 is 0 Å². The molecule has 0 N–H and O–H groups in total. The predicted molar refractivity (Wildman–Crippen MR) is 68.5 cm³/mol. The van der Waals surface area contributed by atoms with E-state index in [0.717, 1.165) is 25.7 Å². The SMILES string of the molecule is CCCCCCCCOC(=O)CCCCC. The van der Waals surface area contributed by atoms with E-state index in [9.17, 15) is 4.79 Å². The van der Waals surface area contributed by atoms with Gasteiger partial charge in [0.1, 0.15) is 0 Å². The van der Waals surface area contributed by atoms with Gasteiger partial charge in [-0.2, -0.15) is 0 Å². The van der Waals surface area contributed by atoms with Crippen LogP contribution in [0.4, 0.5) is 0 Å². The summed E-state index contributed by atoms with van der Waals surface area (Å²) in [6, 6.07) is 0. The molecule has 0 saturated carbocycles. The van der Waals surface area contributed by atoms with Crippen LogP contribution in [-0.4, -0.2) is 12.6 Å². The molecule has 0 atom stereocenters. The van der Waals surface area contributed by atoms with Gasteiger partial charge in [0.25, 0.3) is 0 Å². The molecule has 0 spiro atoms. The van der Waals surface area contributed by atoms with E-state index in [1.807, 2.05) is 0 Å². The van der Waals surface area contributed by atoms with Crippen molar-refractivity contribution in [3.8, 4) is 0 Å². The number of unbranched alkanes of at least 4 members (excludes halogenated alkanes) is 7. The Hall–Kier alpha value is -0.530. The molecule has 0 radical (unpaired) electrons. The summed E-state index contributed by atoms with van der Waals surface area (Å²) in [5.74, 6) is -0.0120. The molecule has 0 saturated heterocycles. The number of ether oxygens (including phenoxy) is 1. The average molecular weight is 228 g/mol. The third kappa shape index (κ3) is 11.5. The zero-order valence-corrected chi connectivity index (χ0v) is 11.1. The Kier molecular flexibility index (Phi) is 12.1. The van der Waals surface area contributed by atoms with Crippen molar-refractivity contribution in [2.75, 3.05) is 6.61 Å². The van der Waals surface area contributed by atoms with Crippen LogP contribution in [0.15, 0.2) is 0 Å². The monoisotopic (exact) mass is 228 g/mol. The Balaban J connectivity index is 3.09. The number of carbonyl (C=O) groups is 1. The zero-order valence-electron chi connectivity index (χ0n) is 11.1. The van der Waals surface area contributed by atoms with Gasteiger partial charge < -0.3 is 4.74 Å². The second kappa shape index (κ2) is 12.5. The van der Waals surface area contributed by atoms with Crippen LogP contribution in [0.3, 0.4) is 0 Å². The minimum atomic E-state index is -0.0120. The van der Waals surface area contributed by atoms with Crippen LogP contribution < -0.4 is 0 Å². The highest BCUT2D eigenvalue weighted by Crippen LogP contribution is 2.06. The van der Waals surface area contributed by atoms with Crippen molar-refractivity contribution >= 4 is 5.97 Å². The Labute approximate surface area is 101 Å². The van der Waals surface area contributed by atoms with E-state index in [1.165, 1.54) is 32.1 Å². The Morgan fingerprint density at radius 1 is 0.812 bits per heavy atom. The highest BCUT2D eigenvalue weighted by Gasteiger charge is 2.01. The van der Waals surface area contributed by atoms with Crippen molar-refractivity contribution in [1.29, 1.82) is 0 Å². The molecular weight excluding hydrogens is 200 g/mol. The van der Waals surface area contributed by atoms with Crippen molar-refractivity contribution in [1.82, 2.24) is 0 Å². The summed E-state index contributed by atoms with van der Waals surface area (Å²) in [5.41, 5.74) is 0. The van der Waals surface area contributed by atoms with Gasteiger partial charge in [0.2, 0.25) is 0 Å². The molecule has 0 unspecified atom stereocenters. The molecular formula is C14H28O2. The van der Waals surface area contributed by atoms with Crippen LogP contribution in [0.25, 0.3) is 0 Å². The number of hydrogen-bond donors (Lipinski definition) is 0. The first-order valence-corrected chi connectivity index (χ1v) is 6.96. The quantitative estimate of drug-likeness (QED) is 0.385. The lowest BCUT2D eigenvalue weighted by Crippen LogP contribution is -2.05. The summed E-state index contributed by atoms with van der Waals surface area (Å²) in [4.78, 5) is 11.2. The van der Waals surface area contributed by atoms with Crippen molar-refractivity contribution in [2.24, 2.45) is 0 Å². The maximum atomic E-state index is 11.2. The fourth-order valence-electron chi connectivity index (χ4n) is 1.66. The molecule has 0 aliphatic carbocycles. The van der Waals surface area contributed by atoms with E-state index in [4.69, 9.17) is 4.74 Å². The van der Waals surface area contributed by atoms with Crippen molar-refractivity contribution in [2.45, 2.75) is 78.1 Å². The van der Waals surface area contributed by atoms with E-state index < -0.39 is 0 Å². The van der Waals surface area contributed by atoms with Crippen molar-refractivity contribution < 1.29 is 9.53 Å². The lowest BCUT2D eigenvalue weighted by molar-refractivity contribution is -0.143. The van der Waals surface area contributed by atoms with Crippen LogP contribution in [0.5, 0.6) is 0 Å². The fraction of sp³-hybridized carbons (Fsp3) is 0.929. The van der Waals surface area contributed by atoms with E-state index in [0.29, 0.717) is 13.0 Å². The first kappa shape index (κ1) is 15.5. The Morgan fingerprint density at radius 2 is 1.38 bits per heavy atom. The molecule has 0 aromatic rings. The first-order valence-electron chi connectivity index (χ1n) is 6.96. The summed E-state index contributed by atoms with van der Waals surface area (Å²) in [5, 5.41) is 0. The van der Waals surface area contributed by atoms with Crippen LogP contribution in [0.1, 0.15) is 78.1 Å². The van der Waals surface area contributed by atoms with Crippen LogP contribution in [0.2, 0.25) is 0 Å². The summed E-state index contributed by atoms with van der Waals surface area (Å²) >= 11 is 0. The Morgan fingerprint density at radius 3 is 2.06 bits per heavy atom.